The van der Waals surface area contributed by atoms with E-state index in [9.17, 15) is 4.79 Å². The van der Waals surface area contributed by atoms with Gasteiger partial charge in [0.15, 0.2) is 5.82 Å². The summed E-state index contributed by atoms with van der Waals surface area (Å²) < 4.78 is 0. The highest BCUT2D eigenvalue weighted by atomic mass is 16.1. The number of rotatable bonds is 3. The first-order valence-corrected chi connectivity index (χ1v) is 8.71. The zero-order chi connectivity index (χ0) is 17.9. The van der Waals surface area contributed by atoms with E-state index in [1.807, 2.05) is 43.5 Å². The van der Waals surface area contributed by atoms with Gasteiger partial charge in [-0.2, -0.15) is 0 Å². The Kier molecular flexibility index (Phi) is 4.39. The fourth-order valence-corrected chi connectivity index (χ4v) is 3.17. The first kappa shape index (κ1) is 16.3. The maximum absolute atomic E-state index is 12.5. The Labute approximate surface area is 151 Å². The van der Waals surface area contributed by atoms with Crippen LogP contribution in [0.5, 0.6) is 0 Å². The van der Waals surface area contributed by atoms with Crippen molar-refractivity contribution in [1.82, 2.24) is 25.3 Å². The van der Waals surface area contributed by atoms with Crippen LogP contribution in [0.25, 0.3) is 11.4 Å². The van der Waals surface area contributed by atoms with Crippen LogP contribution in [0.3, 0.4) is 0 Å². The van der Waals surface area contributed by atoms with Crippen LogP contribution in [0.1, 0.15) is 46.3 Å². The van der Waals surface area contributed by atoms with Crippen LogP contribution in [0, 0.1) is 6.92 Å². The van der Waals surface area contributed by atoms with Gasteiger partial charge < -0.3 is 5.32 Å². The van der Waals surface area contributed by atoms with Gasteiger partial charge >= 0.3 is 0 Å². The SMILES string of the molecule is Cc1cnc(C(=O)N[C@@H]2CCCc3nc(-c4ccccc4)ncc32)cn1. The Morgan fingerprint density at radius 3 is 2.69 bits per heavy atom. The fraction of sp³-hybridized carbons (Fsp3) is 0.250. The van der Waals surface area contributed by atoms with Gasteiger partial charge in [-0.25, -0.2) is 15.0 Å². The highest BCUT2D eigenvalue weighted by Gasteiger charge is 2.24. The Balaban J connectivity index is 1.57. The van der Waals surface area contributed by atoms with Crippen molar-refractivity contribution in [2.24, 2.45) is 0 Å². The molecule has 0 saturated carbocycles. The van der Waals surface area contributed by atoms with Gasteiger partial charge in [0.1, 0.15) is 5.69 Å². The van der Waals surface area contributed by atoms with Crippen LogP contribution in [0.15, 0.2) is 48.9 Å². The van der Waals surface area contributed by atoms with Gasteiger partial charge in [0.05, 0.1) is 17.9 Å². The third-order valence-electron chi connectivity index (χ3n) is 4.53. The molecule has 6 nitrogen and oxygen atoms in total. The lowest BCUT2D eigenvalue weighted by atomic mass is 9.92. The number of fused-ring (bicyclic) bond motifs is 1. The lowest BCUT2D eigenvalue weighted by molar-refractivity contribution is 0.0927. The van der Waals surface area contributed by atoms with Gasteiger partial charge in [-0.3, -0.25) is 9.78 Å². The van der Waals surface area contributed by atoms with Crippen molar-refractivity contribution in [3.63, 3.8) is 0 Å². The summed E-state index contributed by atoms with van der Waals surface area (Å²) in [6.07, 6.45) is 7.68. The molecule has 0 radical (unpaired) electrons. The molecule has 0 fully saturated rings. The van der Waals surface area contributed by atoms with Crippen LogP contribution in [-0.2, 0) is 6.42 Å². The van der Waals surface area contributed by atoms with E-state index in [2.05, 4.69) is 20.3 Å². The maximum Gasteiger partial charge on any atom is 0.271 e. The van der Waals surface area contributed by atoms with Crippen molar-refractivity contribution in [2.75, 3.05) is 0 Å². The van der Waals surface area contributed by atoms with Crippen LogP contribution >= 0.6 is 0 Å². The topological polar surface area (TPSA) is 80.7 Å². The molecule has 6 heteroatoms. The monoisotopic (exact) mass is 345 g/mol. The molecule has 0 unspecified atom stereocenters. The number of amides is 1. The van der Waals surface area contributed by atoms with Gasteiger partial charge in [0.25, 0.3) is 5.91 Å². The number of aromatic nitrogens is 4. The molecular formula is C20H19N5O. The number of carbonyl (C=O) groups is 1. The van der Waals surface area contributed by atoms with Gasteiger partial charge in [-0.1, -0.05) is 30.3 Å². The van der Waals surface area contributed by atoms with E-state index in [1.165, 1.54) is 6.20 Å². The number of carbonyl (C=O) groups excluding carboxylic acids is 1. The molecule has 2 aromatic heterocycles. The van der Waals surface area contributed by atoms with E-state index in [0.29, 0.717) is 5.69 Å². The summed E-state index contributed by atoms with van der Waals surface area (Å²) >= 11 is 0. The van der Waals surface area contributed by atoms with Crippen LogP contribution in [0.2, 0.25) is 0 Å². The maximum atomic E-state index is 12.5. The molecule has 0 aliphatic heterocycles. The molecule has 26 heavy (non-hydrogen) atoms. The van der Waals surface area contributed by atoms with Crippen molar-refractivity contribution in [2.45, 2.75) is 32.2 Å². The van der Waals surface area contributed by atoms with Crippen LogP contribution < -0.4 is 5.32 Å². The number of nitrogens with one attached hydrogen (secondary N) is 1. The number of benzene rings is 1. The van der Waals surface area contributed by atoms with E-state index in [1.54, 1.807) is 6.20 Å². The van der Waals surface area contributed by atoms with E-state index in [0.717, 1.165) is 47.6 Å². The summed E-state index contributed by atoms with van der Waals surface area (Å²) in [5.41, 5.74) is 4.10. The molecule has 1 aliphatic carbocycles. The second-order valence-electron chi connectivity index (χ2n) is 6.42. The lowest BCUT2D eigenvalue weighted by Gasteiger charge is -2.25. The molecule has 1 atom stereocenters. The predicted molar refractivity (Wildman–Crippen MR) is 97.4 cm³/mol. The van der Waals surface area contributed by atoms with Gasteiger partial charge in [0, 0.05) is 29.2 Å². The third kappa shape index (κ3) is 3.31. The Morgan fingerprint density at radius 1 is 1.08 bits per heavy atom. The number of hydrogen-bond donors (Lipinski definition) is 1. The summed E-state index contributed by atoms with van der Waals surface area (Å²) in [5, 5.41) is 3.05. The fourth-order valence-electron chi connectivity index (χ4n) is 3.17. The molecule has 1 aromatic carbocycles. The Bertz CT molecular complexity index is 925. The summed E-state index contributed by atoms with van der Waals surface area (Å²) in [7, 11) is 0. The van der Waals surface area contributed by atoms with Crippen molar-refractivity contribution in [3.05, 3.63) is 71.6 Å². The minimum absolute atomic E-state index is 0.0980. The smallest absolute Gasteiger partial charge is 0.271 e. The first-order valence-electron chi connectivity index (χ1n) is 8.71. The third-order valence-corrected chi connectivity index (χ3v) is 4.53. The summed E-state index contributed by atoms with van der Waals surface area (Å²) in [6.45, 7) is 1.84. The molecule has 3 aromatic rings. The molecule has 1 amide bonds. The van der Waals surface area contributed by atoms with Crippen molar-refractivity contribution in [3.8, 4) is 11.4 Å². The second-order valence-corrected chi connectivity index (χ2v) is 6.42. The van der Waals surface area contributed by atoms with Crippen molar-refractivity contribution >= 4 is 5.91 Å². The molecule has 2 heterocycles. The average Bonchev–Trinajstić information content (AvgIpc) is 2.69. The zero-order valence-electron chi connectivity index (χ0n) is 14.5. The molecule has 130 valence electrons. The molecule has 0 saturated heterocycles. The molecule has 1 N–H and O–H groups in total. The van der Waals surface area contributed by atoms with E-state index in [4.69, 9.17) is 4.98 Å². The minimum Gasteiger partial charge on any atom is -0.344 e. The normalized spacial score (nSPS) is 16.0. The molecule has 0 bridgehead atoms. The molecule has 4 rings (SSSR count). The molecular weight excluding hydrogens is 326 g/mol. The molecule has 1 aliphatic rings. The van der Waals surface area contributed by atoms with Gasteiger partial charge in [0.2, 0.25) is 0 Å². The van der Waals surface area contributed by atoms with E-state index in [-0.39, 0.29) is 11.9 Å². The van der Waals surface area contributed by atoms with Crippen molar-refractivity contribution < 1.29 is 4.79 Å². The summed E-state index contributed by atoms with van der Waals surface area (Å²) in [6, 6.07) is 9.83. The van der Waals surface area contributed by atoms with Gasteiger partial charge in [-0.15, -0.1) is 0 Å². The van der Waals surface area contributed by atoms with E-state index < -0.39 is 0 Å². The predicted octanol–water partition coefficient (Wildman–Crippen LogP) is 3.05. The molecule has 0 spiro atoms. The zero-order valence-corrected chi connectivity index (χ0v) is 14.5. The number of aryl methyl sites for hydroxylation is 2. The second kappa shape index (κ2) is 7.00. The summed E-state index contributed by atoms with van der Waals surface area (Å²) in [4.78, 5) is 30.0. The number of nitrogens with zero attached hydrogens (tertiary/aromatic N) is 4. The number of hydrogen-bond acceptors (Lipinski definition) is 5. The van der Waals surface area contributed by atoms with Crippen LogP contribution in [0.4, 0.5) is 0 Å². The average molecular weight is 345 g/mol. The van der Waals surface area contributed by atoms with E-state index >= 15 is 0 Å². The quantitative estimate of drug-likeness (QED) is 0.789. The minimum atomic E-state index is -0.220. The lowest BCUT2D eigenvalue weighted by Crippen LogP contribution is -2.32. The van der Waals surface area contributed by atoms with Crippen LogP contribution in [-0.4, -0.2) is 25.8 Å². The standard InChI is InChI=1S/C20H19N5O/c1-13-10-22-18(12-21-13)20(26)25-17-9-5-8-16-15(17)11-23-19(24-16)14-6-3-2-4-7-14/h2-4,6-7,10-12,17H,5,8-9H2,1H3,(H,25,26)/t17-/m1/s1. The van der Waals surface area contributed by atoms with Gasteiger partial charge in [-0.05, 0) is 26.2 Å². The summed E-state index contributed by atoms with van der Waals surface area (Å²) in [5.74, 6) is 0.503. The van der Waals surface area contributed by atoms with Crippen molar-refractivity contribution in [1.29, 1.82) is 0 Å². The Morgan fingerprint density at radius 2 is 1.92 bits per heavy atom. The largest absolute Gasteiger partial charge is 0.344 e. The highest BCUT2D eigenvalue weighted by molar-refractivity contribution is 5.92. The Hall–Kier alpha value is -3.15. The first-order chi connectivity index (χ1) is 12.7. The highest BCUT2D eigenvalue weighted by Crippen LogP contribution is 2.29.